The highest BCUT2D eigenvalue weighted by molar-refractivity contribution is 7.90. The van der Waals surface area contributed by atoms with E-state index in [1.165, 1.54) is 30.0 Å². The molecule has 0 aromatic heterocycles. The van der Waals surface area contributed by atoms with Crippen LogP contribution in [0.5, 0.6) is 0 Å². The van der Waals surface area contributed by atoms with Gasteiger partial charge in [0.25, 0.3) is 15.9 Å². The summed E-state index contributed by atoms with van der Waals surface area (Å²) in [5, 5.41) is 3.05. The fourth-order valence-electron chi connectivity index (χ4n) is 3.32. The average Bonchev–Trinajstić information content (AvgIpc) is 2.93. The Hall–Kier alpha value is -2.91. The quantitative estimate of drug-likeness (QED) is 0.676. The molecule has 1 aliphatic heterocycles. The highest BCUT2D eigenvalue weighted by Gasteiger charge is 2.43. The van der Waals surface area contributed by atoms with Crippen LogP contribution in [-0.2, 0) is 26.2 Å². The number of amides is 3. The number of nitrogens with one attached hydrogen (secondary N) is 1. The zero-order chi connectivity index (χ0) is 22.8. The Kier molecular flexibility index (Phi) is 6.66. The van der Waals surface area contributed by atoms with Crippen molar-refractivity contribution in [3.05, 3.63) is 64.7 Å². The molecule has 10 heteroatoms. The van der Waals surface area contributed by atoms with E-state index in [1.54, 1.807) is 37.3 Å². The van der Waals surface area contributed by atoms with E-state index in [4.69, 9.17) is 11.6 Å². The predicted octanol–water partition coefficient (Wildman–Crippen LogP) is 2.04. The third-order valence-electron chi connectivity index (χ3n) is 5.01. The molecule has 3 amide bonds. The number of benzene rings is 2. The summed E-state index contributed by atoms with van der Waals surface area (Å²) in [5.41, 5.74) is 0.609. The van der Waals surface area contributed by atoms with Gasteiger partial charge < -0.3 is 10.2 Å². The van der Waals surface area contributed by atoms with Crippen LogP contribution >= 0.6 is 11.6 Å². The number of sulfonamides is 1. The molecule has 2 aromatic rings. The molecule has 0 fully saturated rings. The van der Waals surface area contributed by atoms with Gasteiger partial charge in [0.1, 0.15) is 17.5 Å². The fourth-order valence-corrected chi connectivity index (χ4v) is 5.03. The summed E-state index contributed by atoms with van der Waals surface area (Å²) < 4.78 is 26.2. The van der Waals surface area contributed by atoms with Crippen molar-refractivity contribution < 1.29 is 22.8 Å². The minimum Gasteiger partial charge on any atom is -0.355 e. The predicted molar refractivity (Wildman–Crippen MR) is 115 cm³/mol. The van der Waals surface area contributed by atoms with E-state index >= 15 is 0 Å². The molecule has 164 valence electrons. The van der Waals surface area contributed by atoms with Crippen LogP contribution in [0, 0.1) is 0 Å². The highest BCUT2D eigenvalue weighted by atomic mass is 35.5. The highest BCUT2D eigenvalue weighted by Crippen LogP contribution is 2.30. The van der Waals surface area contributed by atoms with Gasteiger partial charge in [0.05, 0.1) is 5.56 Å². The van der Waals surface area contributed by atoms with Crippen molar-refractivity contribution in [1.82, 2.24) is 14.5 Å². The molecule has 0 spiro atoms. The first-order valence-corrected chi connectivity index (χ1v) is 11.5. The molecule has 0 bridgehead atoms. The van der Waals surface area contributed by atoms with Gasteiger partial charge in [-0.3, -0.25) is 14.4 Å². The maximum atomic E-state index is 13.2. The van der Waals surface area contributed by atoms with Crippen molar-refractivity contribution in [1.29, 1.82) is 0 Å². The molecular weight excluding hydrogens is 442 g/mol. The van der Waals surface area contributed by atoms with E-state index in [0.717, 1.165) is 0 Å². The van der Waals surface area contributed by atoms with Crippen molar-refractivity contribution in [2.24, 2.45) is 0 Å². The van der Waals surface area contributed by atoms with Gasteiger partial charge in [0, 0.05) is 18.1 Å². The Morgan fingerprint density at radius 2 is 1.77 bits per heavy atom. The molecule has 1 atom stereocenters. The van der Waals surface area contributed by atoms with Gasteiger partial charge in [0.15, 0.2) is 0 Å². The topological polar surface area (TPSA) is 104 Å². The standard InChI is InChI=1S/C21H22ClN3O5S/c1-3-23-20(27)14(2)24(12-15-8-4-6-10-17(15)22)19(26)13-25-21(28)16-9-5-7-11-18(16)31(25,29)30/h4-11,14H,3,12-13H2,1-2H3,(H,23,27). The summed E-state index contributed by atoms with van der Waals surface area (Å²) in [4.78, 5) is 39.4. The van der Waals surface area contributed by atoms with Gasteiger partial charge in [-0.15, -0.1) is 0 Å². The fraction of sp³-hybridized carbons (Fsp3) is 0.286. The Labute approximate surface area is 185 Å². The number of hydrogen-bond acceptors (Lipinski definition) is 5. The van der Waals surface area contributed by atoms with Crippen molar-refractivity contribution in [3.8, 4) is 0 Å². The van der Waals surface area contributed by atoms with Crippen LogP contribution in [0.1, 0.15) is 29.8 Å². The lowest BCUT2D eigenvalue weighted by molar-refractivity contribution is -0.140. The van der Waals surface area contributed by atoms with E-state index in [1.807, 2.05) is 0 Å². The average molecular weight is 464 g/mol. The number of carbonyl (C=O) groups excluding carboxylic acids is 3. The smallest absolute Gasteiger partial charge is 0.269 e. The molecule has 0 saturated heterocycles. The van der Waals surface area contributed by atoms with E-state index in [2.05, 4.69) is 5.32 Å². The van der Waals surface area contributed by atoms with Gasteiger partial charge in [-0.2, -0.15) is 0 Å². The van der Waals surface area contributed by atoms with Crippen molar-refractivity contribution in [3.63, 3.8) is 0 Å². The first kappa shape index (κ1) is 22.8. The SMILES string of the molecule is CCNC(=O)C(C)N(Cc1ccccc1Cl)C(=O)CN1C(=O)c2ccccc2S1(=O)=O. The Morgan fingerprint density at radius 1 is 1.13 bits per heavy atom. The van der Waals surface area contributed by atoms with Crippen LogP contribution in [0.4, 0.5) is 0 Å². The summed E-state index contributed by atoms with van der Waals surface area (Å²) in [7, 11) is -4.15. The maximum absolute atomic E-state index is 13.2. The first-order valence-electron chi connectivity index (χ1n) is 9.65. The van der Waals surface area contributed by atoms with Crippen LogP contribution in [-0.4, -0.2) is 54.5 Å². The largest absolute Gasteiger partial charge is 0.355 e. The molecular formula is C21H22ClN3O5S. The van der Waals surface area contributed by atoms with Crippen LogP contribution < -0.4 is 5.32 Å². The second kappa shape index (κ2) is 9.07. The molecule has 1 unspecified atom stereocenters. The molecule has 0 aliphatic carbocycles. The van der Waals surface area contributed by atoms with Crippen LogP contribution in [0.3, 0.4) is 0 Å². The van der Waals surface area contributed by atoms with E-state index < -0.39 is 40.3 Å². The van der Waals surface area contributed by atoms with E-state index in [-0.39, 0.29) is 17.0 Å². The van der Waals surface area contributed by atoms with Gasteiger partial charge in [-0.05, 0) is 37.6 Å². The van der Waals surface area contributed by atoms with Crippen LogP contribution in [0.2, 0.25) is 5.02 Å². The lowest BCUT2D eigenvalue weighted by Gasteiger charge is -2.30. The zero-order valence-corrected chi connectivity index (χ0v) is 18.6. The molecule has 0 radical (unpaired) electrons. The molecule has 31 heavy (non-hydrogen) atoms. The lowest BCUT2D eigenvalue weighted by Crippen LogP contribution is -2.51. The normalized spacial score (nSPS) is 15.3. The molecule has 0 saturated carbocycles. The minimum atomic E-state index is -4.15. The third kappa shape index (κ3) is 4.42. The number of halogens is 1. The molecule has 1 heterocycles. The summed E-state index contributed by atoms with van der Waals surface area (Å²) in [5.74, 6) is -1.86. The maximum Gasteiger partial charge on any atom is 0.269 e. The monoisotopic (exact) mass is 463 g/mol. The minimum absolute atomic E-state index is 0.0183. The number of likely N-dealkylation sites (N-methyl/N-ethyl adjacent to an activating group) is 1. The summed E-state index contributed by atoms with van der Waals surface area (Å²) >= 11 is 6.22. The first-order chi connectivity index (χ1) is 14.7. The van der Waals surface area contributed by atoms with E-state index in [9.17, 15) is 22.8 Å². The number of fused-ring (bicyclic) bond motifs is 1. The van der Waals surface area contributed by atoms with Gasteiger partial charge in [-0.25, -0.2) is 12.7 Å². The Bertz CT molecular complexity index is 1140. The zero-order valence-electron chi connectivity index (χ0n) is 17.0. The summed E-state index contributed by atoms with van der Waals surface area (Å²) in [6.45, 7) is 2.91. The molecule has 3 rings (SSSR count). The van der Waals surface area contributed by atoms with Crippen LogP contribution in [0.25, 0.3) is 0 Å². The van der Waals surface area contributed by atoms with Gasteiger partial charge >= 0.3 is 0 Å². The lowest BCUT2D eigenvalue weighted by atomic mass is 10.1. The molecule has 1 aliphatic rings. The number of nitrogens with zero attached hydrogens (tertiary/aromatic N) is 2. The number of carbonyl (C=O) groups is 3. The number of hydrogen-bond donors (Lipinski definition) is 1. The van der Waals surface area contributed by atoms with Crippen LogP contribution in [0.15, 0.2) is 53.4 Å². The Morgan fingerprint density at radius 3 is 2.42 bits per heavy atom. The molecule has 8 nitrogen and oxygen atoms in total. The molecule has 2 aromatic carbocycles. The van der Waals surface area contributed by atoms with Crippen molar-refractivity contribution in [2.45, 2.75) is 31.3 Å². The summed E-state index contributed by atoms with van der Waals surface area (Å²) in [6, 6.07) is 11.7. The van der Waals surface area contributed by atoms with Crippen molar-refractivity contribution >= 4 is 39.3 Å². The van der Waals surface area contributed by atoms with Crippen molar-refractivity contribution in [2.75, 3.05) is 13.1 Å². The number of rotatable bonds is 7. The van der Waals surface area contributed by atoms with E-state index in [0.29, 0.717) is 21.4 Å². The van der Waals surface area contributed by atoms with Gasteiger partial charge in [-0.1, -0.05) is 41.9 Å². The summed E-state index contributed by atoms with van der Waals surface area (Å²) in [6.07, 6.45) is 0. The molecule has 1 N–H and O–H groups in total. The third-order valence-corrected chi connectivity index (χ3v) is 7.16. The Balaban J connectivity index is 1.91. The second-order valence-electron chi connectivity index (χ2n) is 7.00. The second-order valence-corrected chi connectivity index (χ2v) is 9.23. The van der Waals surface area contributed by atoms with Gasteiger partial charge in [0.2, 0.25) is 11.8 Å².